The van der Waals surface area contributed by atoms with Gasteiger partial charge in [0.1, 0.15) is 11.4 Å². The quantitative estimate of drug-likeness (QED) is 0.524. The van der Waals surface area contributed by atoms with Gasteiger partial charge in [-0.3, -0.25) is 0 Å². The zero-order valence-electron chi connectivity index (χ0n) is 12.8. The molecular weight excluding hydrogens is 302 g/mol. The second kappa shape index (κ2) is 8.33. The first-order chi connectivity index (χ1) is 10.6. The summed E-state index contributed by atoms with van der Waals surface area (Å²) in [6, 6.07) is -0.175. The fraction of sp³-hybridized carbons (Fsp3) is 0.667. The highest BCUT2D eigenvalue weighted by molar-refractivity contribution is 7.98. The summed E-state index contributed by atoms with van der Waals surface area (Å²) in [4.78, 5) is 19.5. The van der Waals surface area contributed by atoms with Crippen molar-refractivity contribution in [1.29, 1.82) is 0 Å². The molecule has 0 aromatic carbocycles. The van der Waals surface area contributed by atoms with Crippen LogP contribution >= 0.6 is 11.8 Å². The number of hydrogen-bond donors (Lipinski definition) is 3. The van der Waals surface area contributed by atoms with E-state index >= 15 is 0 Å². The first-order valence-electron chi connectivity index (χ1n) is 7.65. The van der Waals surface area contributed by atoms with Gasteiger partial charge in [0.2, 0.25) is 0 Å². The van der Waals surface area contributed by atoms with Crippen LogP contribution in [-0.2, 0) is 0 Å². The Hall–Kier alpha value is -1.34. The van der Waals surface area contributed by atoms with Crippen molar-refractivity contribution in [1.82, 2.24) is 9.97 Å². The zero-order chi connectivity index (χ0) is 15.9. The van der Waals surface area contributed by atoms with Gasteiger partial charge in [-0.25, -0.2) is 14.8 Å². The third-order valence-corrected chi connectivity index (χ3v) is 4.65. The molecule has 1 aliphatic rings. The SMILES string of the molecule is CSc1ncc(C(=O)O)c(NC(CO)CC2CCCCC2)n1. The van der Waals surface area contributed by atoms with E-state index in [0.717, 1.165) is 6.42 Å². The number of aliphatic hydroxyl groups is 1. The normalized spacial score (nSPS) is 17.2. The number of nitrogens with one attached hydrogen (secondary N) is 1. The molecule has 1 saturated carbocycles. The van der Waals surface area contributed by atoms with Gasteiger partial charge in [-0.2, -0.15) is 0 Å². The van der Waals surface area contributed by atoms with E-state index in [2.05, 4.69) is 15.3 Å². The fourth-order valence-corrected chi connectivity index (χ4v) is 3.27. The molecule has 1 aromatic heterocycles. The molecule has 1 aliphatic carbocycles. The number of hydrogen-bond acceptors (Lipinski definition) is 6. The highest BCUT2D eigenvalue weighted by Crippen LogP contribution is 2.28. The van der Waals surface area contributed by atoms with Crippen LogP contribution in [0.1, 0.15) is 48.9 Å². The van der Waals surface area contributed by atoms with Crippen LogP contribution in [0, 0.1) is 5.92 Å². The van der Waals surface area contributed by atoms with E-state index in [1.54, 1.807) is 0 Å². The summed E-state index contributed by atoms with van der Waals surface area (Å²) in [6.45, 7) is -0.0336. The van der Waals surface area contributed by atoms with E-state index in [1.165, 1.54) is 50.1 Å². The second-order valence-corrected chi connectivity index (χ2v) is 6.46. The highest BCUT2D eigenvalue weighted by atomic mass is 32.2. The minimum atomic E-state index is -1.07. The topological polar surface area (TPSA) is 95.3 Å². The van der Waals surface area contributed by atoms with Gasteiger partial charge < -0.3 is 15.5 Å². The molecule has 7 heteroatoms. The molecule has 0 radical (unpaired) electrons. The molecule has 0 saturated heterocycles. The monoisotopic (exact) mass is 325 g/mol. The van der Waals surface area contributed by atoms with Gasteiger partial charge in [0.25, 0.3) is 0 Å². The Bertz CT molecular complexity index is 507. The number of rotatable bonds is 7. The molecule has 1 aromatic rings. The molecular formula is C15H23N3O3S. The Morgan fingerprint density at radius 3 is 2.77 bits per heavy atom. The van der Waals surface area contributed by atoms with Crippen LogP contribution < -0.4 is 5.32 Å². The number of carboxylic acids is 1. The van der Waals surface area contributed by atoms with Crippen LogP contribution in [0.25, 0.3) is 0 Å². The summed E-state index contributed by atoms with van der Waals surface area (Å²) in [5.41, 5.74) is 0.0416. The molecule has 0 amide bonds. The van der Waals surface area contributed by atoms with Gasteiger partial charge in [0.05, 0.1) is 12.6 Å². The summed E-state index contributed by atoms with van der Waals surface area (Å²) in [5, 5.41) is 22.5. The average molecular weight is 325 g/mol. The lowest BCUT2D eigenvalue weighted by Crippen LogP contribution is -2.29. The lowest BCUT2D eigenvalue weighted by Gasteiger charge is -2.26. The van der Waals surface area contributed by atoms with Crippen molar-refractivity contribution in [2.75, 3.05) is 18.2 Å². The van der Waals surface area contributed by atoms with Gasteiger partial charge in [-0.15, -0.1) is 0 Å². The molecule has 2 rings (SSSR count). The van der Waals surface area contributed by atoms with Crippen molar-refractivity contribution >= 4 is 23.5 Å². The second-order valence-electron chi connectivity index (χ2n) is 5.69. The number of aromatic carboxylic acids is 1. The van der Waals surface area contributed by atoms with Crippen LogP contribution in [-0.4, -0.2) is 45.1 Å². The summed E-state index contributed by atoms with van der Waals surface area (Å²) in [5.74, 6) is -0.181. The maximum Gasteiger partial charge on any atom is 0.341 e. The zero-order valence-corrected chi connectivity index (χ0v) is 13.6. The molecule has 3 N–H and O–H groups in total. The lowest BCUT2D eigenvalue weighted by molar-refractivity contribution is 0.0696. The van der Waals surface area contributed by atoms with E-state index < -0.39 is 5.97 Å². The molecule has 1 unspecified atom stereocenters. The molecule has 6 nitrogen and oxygen atoms in total. The Balaban J connectivity index is 2.09. The Labute approximate surface area is 134 Å². The van der Waals surface area contributed by atoms with E-state index in [9.17, 15) is 15.0 Å². The van der Waals surface area contributed by atoms with Crippen molar-refractivity contribution in [3.8, 4) is 0 Å². The molecule has 0 aliphatic heterocycles. The van der Waals surface area contributed by atoms with Crippen LogP contribution in [0.5, 0.6) is 0 Å². The van der Waals surface area contributed by atoms with Crippen LogP contribution in [0.4, 0.5) is 5.82 Å². The molecule has 1 heterocycles. The minimum Gasteiger partial charge on any atom is -0.477 e. The van der Waals surface area contributed by atoms with E-state index in [1.807, 2.05) is 6.26 Å². The molecule has 1 fully saturated rings. The number of aromatic nitrogens is 2. The predicted molar refractivity (Wildman–Crippen MR) is 86.5 cm³/mol. The summed E-state index contributed by atoms with van der Waals surface area (Å²) in [7, 11) is 0. The lowest BCUT2D eigenvalue weighted by atomic mass is 9.85. The molecule has 0 bridgehead atoms. The van der Waals surface area contributed by atoms with Gasteiger partial charge in [0.15, 0.2) is 5.16 Å². The minimum absolute atomic E-state index is 0.0336. The highest BCUT2D eigenvalue weighted by Gasteiger charge is 2.21. The Kier molecular flexibility index (Phi) is 6.45. The van der Waals surface area contributed by atoms with Crippen molar-refractivity contribution in [3.63, 3.8) is 0 Å². The first-order valence-corrected chi connectivity index (χ1v) is 8.88. The summed E-state index contributed by atoms with van der Waals surface area (Å²) in [6.07, 6.45) is 10.1. The Morgan fingerprint density at radius 1 is 1.45 bits per heavy atom. The fourth-order valence-electron chi connectivity index (χ4n) is 2.93. The van der Waals surface area contributed by atoms with Crippen molar-refractivity contribution in [2.45, 2.75) is 49.7 Å². The molecule has 22 heavy (non-hydrogen) atoms. The molecule has 122 valence electrons. The van der Waals surface area contributed by atoms with Crippen molar-refractivity contribution in [3.05, 3.63) is 11.8 Å². The molecule has 0 spiro atoms. The van der Waals surface area contributed by atoms with Gasteiger partial charge in [-0.1, -0.05) is 43.9 Å². The van der Waals surface area contributed by atoms with Crippen LogP contribution in [0.2, 0.25) is 0 Å². The van der Waals surface area contributed by atoms with E-state index in [0.29, 0.717) is 16.9 Å². The number of aliphatic hydroxyl groups excluding tert-OH is 1. The third-order valence-electron chi connectivity index (χ3n) is 4.08. The largest absolute Gasteiger partial charge is 0.477 e. The number of thioether (sulfide) groups is 1. The van der Waals surface area contributed by atoms with Crippen LogP contribution in [0.3, 0.4) is 0 Å². The number of nitrogens with zero attached hydrogens (tertiary/aromatic N) is 2. The van der Waals surface area contributed by atoms with E-state index in [-0.39, 0.29) is 18.2 Å². The number of anilines is 1. The van der Waals surface area contributed by atoms with E-state index in [4.69, 9.17) is 0 Å². The molecule has 1 atom stereocenters. The standard InChI is InChI=1S/C15H23N3O3S/c1-22-15-16-8-12(14(20)21)13(18-15)17-11(9-19)7-10-5-3-2-4-6-10/h8,10-11,19H,2-7,9H2,1H3,(H,20,21)(H,16,17,18). The first kappa shape index (κ1) is 17.0. The average Bonchev–Trinajstić information content (AvgIpc) is 2.54. The maximum absolute atomic E-state index is 11.3. The van der Waals surface area contributed by atoms with Crippen molar-refractivity contribution < 1.29 is 15.0 Å². The predicted octanol–water partition coefficient (Wildman–Crippen LogP) is 2.64. The number of carbonyl (C=O) groups is 1. The third kappa shape index (κ3) is 4.58. The summed E-state index contributed by atoms with van der Waals surface area (Å²) >= 11 is 1.36. The van der Waals surface area contributed by atoms with Crippen molar-refractivity contribution in [2.24, 2.45) is 5.92 Å². The summed E-state index contributed by atoms with van der Waals surface area (Å²) < 4.78 is 0. The Morgan fingerprint density at radius 2 is 2.18 bits per heavy atom. The van der Waals surface area contributed by atoms with Crippen LogP contribution in [0.15, 0.2) is 11.4 Å². The maximum atomic E-state index is 11.3. The van der Waals surface area contributed by atoms with Gasteiger partial charge >= 0.3 is 5.97 Å². The number of carboxylic acid groups (broad SMARTS) is 1. The van der Waals surface area contributed by atoms with Gasteiger partial charge in [0, 0.05) is 6.20 Å². The van der Waals surface area contributed by atoms with Gasteiger partial charge in [-0.05, 0) is 18.6 Å². The smallest absolute Gasteiger partial charge is 0.341 e.